The lowest BCUT2D eigenvalue weighted by atomic mass is 10.1. The Bertz CT molecular complexity index is 493. The minimum atomic E-state index is -0.853. The summed E-state index contributed by atoms with van der Waals surface area (Å²) in [6.45, 7) is 4.28. The Morgan fingerprint density at radius 1 is 1.52 bits per heavy atom. The zero-order chi connectivity index (χ0) is 15.2. The molecule has 6 nitrogen and oxygen atoms in total. The number of carboxylic acid groups (broad SMARTS) is 1. The summed E-state index contributed by atoms with van der Waals surface area (Å²) in [6, 6.07) is 5.84. The second-order valence-electron chi connectivity index (χ2n) is 5.15. The number of methoxy groups -OCH3 is 1. The Kier molecular flexibility index (Phi) is 5.27. The Morgan fingerprint density at radius 2 is 2.33 bits per heavy atom. The molecule has 1 heterocycles. The summed E-state index contributed by atoms with van der Waals surface area (Å²) in [5, 5.41) is 12.3. The molecule has 2 rings (SSSR count). The van der Waals surface area contributed by atoms with Crippen molar-refractivity contribution >= 4 is 6.09 Å². The molecule has 0 aliphatic carbocycles. The number of nitrogens with zero attached hydrogens (tertiary/aromatic N) is 1. The highest BCUT2D eigenvalue weighted by Crippen LogP contribution is 2.23. The van der Waals surface area contributed by atoms with Crippen molar-refractivity contribution in [3.8, 4) is 11.5 Å². The first-order valence-corrected chi connectivity index (χ1v) is 7.09. The molecular weight excluding hydrogens is 272 g/mol. The molecule has 0 spiro atoms. The lowest BCUT2D eigenvalue weighted by molar-refractivity contribution is 0.124. The standard InChI is InChI=1S/C15H22N2O4/c1-11-9-13(20-2)3-4-14(11)21-8-5-12-10-17(15(18)19)7-6-16-12/h3-4,9,12,16H,5-8,10H2,1-2H3,(H,18,19)/t12-/m1/s1. The highest BCUT2D eigenvalue weighted by Gasteiger charge is 2.22. The molecule has 21 heavy (non-hydrogen) atoms. The van der Waals surface area contributed by atoms with Gasteiger partial charge in [-0.05, 0) is 37.1 Å². The maximum absolute atomic E-state index is 11.0. The minimum Gasteiger partial charge on any atom is -0.497 e. The van der Waals surface area contributed by atoms with Crippen molar-refractivity contribution in [1.82, 2.24) is 10.2 Å². The predicted octanol–water partition coefficient (Wildman–Crippen LogP) is 1.72. The third-order valence-electron chi connectivity index (χ3n) is 3.63. The normalized spacial score (nSPS) is 18.4. The zero-order valence-corrected chi connectivity index (χ0v) is 12.5. The smallest absolute Gasteiger partial charge is 0.407 e. The summed E-state index contributed by atoms with van der Waals surface area (Å²) < 4.78 is 10.9. The van der Waals surface area contributed by atoms with Gasteiger partial charge in [-0.15, -0.1) is 0 Å². The predicted molar refractivity (Wildman–Crippen MR) is 79.2 cm³/mol. The number of hydrogen-bond acceptors (Lipinski definition) is 4. The van der Waals surface area contributed by atoms with Crippen molar-refractivity contribution in [2.75, 3.05) is 33.4 Å². The molecule has 1 aromatic carbocycles. The van der Waals surface area contributed by atoms with Gasteiger partial charge in [0.15, 0.2) is 0 Å². The number of carbonyl (C=O) groups is 1. The van der Waals surface area contributed by atoms with Gasteiger partial charge in [0.05, 0.1) is 13.7 Å². The van der Waals surface area contributed by atoms with Crippen LogP contribution in [0.2, 0.25) is 0 Å². The van der Waals surface area contributed by atoms with Crippen LogP contribution in [0.25, 0.3) is 0 Å². The molecule has 6 heteroatoms. The second-order valence-corrected chi connectivity index (χ2v) is 5.15. The van der Waals surface area contributed by atoms with E-state index < -0.39 is 6.09 Å². The van der Waals surface area contributed by atoms with Crippen molar-refractivity contribution in [3.05, 3.63) is 23.8 Å². The first-order valence-electron chi connectivity index (χ1n) is 7.09. The van der Waals surface area contributed by atoms with E-state index in [1.165, 1.54) is 4.90 Å². The summed E-state index contributed by atoms with van der Waals surface area (Å²) in [5.74, 6) is 1.65. The molecule has 1 aliphatic rings. The molecular formula is C15H22N2O4. The summed E-state index contributed by atoms with van der Waals surface area (Å²) in [7, 11) is 1.64. The molecule has 0 unspecified atom stereocenters. The average molecular weight is 294 g/mol. The van der Waals surface area contributed by atoms with E-state index in [1.54, 1.807) is 7.11 Å². The molecule has 1 amide bonds. The number of benzene rings is 1. The Morgan fingerprint density at radius 3 is 3.00 bits per heavy atom. The molecule has 0 radical (unpaired) electrons. The molecule has 0 saturated carbocycles. The molecule has 0 bridgehead atoms. The van der Waals surface area contributed by atoms with Gasteiger partial charge in [0.2, 0.25) is 0 Å². The fourth-order valence-electron chi connectivity index (χ4n) is 2.41. The number of nitrogens with one attached hydrogen (secondary N) is 1. The third kappa shape index (κ3) is 4.26. The molecule has 1 aromatic rings. The van der Waals surface area contributed by atoms with Crippen LogP contribution in [0.4, 0.5) is 4.79 Å². The van der Waals surface area contributed by atoms with Gasteiger partial charge < -0.3 is 24.8 Å². The van der Waals surface area contributed by atoms with Crippen molar-refractivity contribution in [2.24, 2.45) is 0 Å². The highest BCUT2D eigenvalue weighted by molar-refractivity contribution is 5.65. The van der Waals surface area contributed by atoms with Gasteiger partial charge in [-0.25, -0.2) is 4.79 Å². The zero-order valence-electron chi connectivity index (χ0n) is 12.5. The van der Waals surface area contributed by atoms with Gasteiger partial charge in [-0.3, -0.25) is 0 Å². The molecule has 1 atom stereocenters. The molecule has 1 fully saturated rings. The summed E-state index contributed by atoms with van der Waals surface area (Å²) in [6.07, 6.45) is -0.0803. The van der Waals surface area contributed by atoms with E-state index >= 15 is 0 Å². The number of amides is 1. The van der Waals surface area contributed by atoms with Crippen LogP contribution in [0.1, 0.15) is 12.0 Å². The van der Waals surface area contributed by atoms with Crippen LogP contribution in [0.3, 0.4) is 0 Å². The van der Waals surface area contributed by atoms with Crippen LogP contribution < -0.4 is 14.8 Å². The fourth-order valence-corrected chi connectivity index (χ4v) is 2.41. The lowest BCUT2D eigenvalue weighted by Crippen LogP contribution is -2.52. The maximum atomic E-state index is 11.0. The number of hydrogen-bond donors (Lipinski definition) is 2. The van der Waals surface area contributed by atoms with Gasteiger partial charge in [0, 0.05) is 25.7 Å². The topological polar surface area (TPSA) is 71.0 Å². The fraction of sp³-hybridized carbons (Fsp3) is 0.533. The molecule has 1 saturated heterocycles. The largest absolute Gasteiger partial charge is 0.497 e. The van der Waals surface area contributed by atoms with Crippen molar-refractivity contribution in [3.63, 3.8) is 0 Å². The Labute approximate surface area is 124 Å². The monoisotopic (exact) mass is 294 g/mol. The lowest BCUT2D eigenvalue weighted by Gasteiger charge is -2.31. The van der Waals surface area contributed by atoms with Crippen LogP contribution in [-0.2, 0) is 0 Å². The van der Waals surface area contributed by atoms with E-state index in [1.807, 2.05) is 25.1 Å². The average Bonchev–Trinajstić information content (AvgIpc) is 2.49. The van der Waals surface area contributed by atoms with Gasteiger partial charge in [-0.1, -0.05) is 0 Å². The van der Waals surface area contributed by atoms with Crippen LogP contribution in [0.5, 0.6) is 11.5 Å². The summed E-state index contributed by atoms with van der Waals surface area (Å²) in [5.41, 5.74) is 1.03. The SMILES string of the molecule is COc1ccc(OCC[C@@H]2CN(C(=O)O)CCN2)c(C)c1. The van der Waals surface area contributed by atoms with Crippen LogP contribution in [0.15, 0.2) is 18.2 Å². The third-order valence-corrected chi connectivity index (χ3v) is 3.63. The molecule has 0 aromatic heterocycles. The van der Waals surface area contributed by atoms with Crippen LogP contribution in [0, 0.1) is 6.92 Å². The van der Waals surface area contributed by atoms with Crippen molar-refractivity contribution < 1.29 is 19.4 Å². The van der Waals surface area contributed by atoms with E-state index in [0.717, 1.165) is 23.5 Å². The minimum absolute atomic E-state index is 0.147. The molecule has 116 valence electrons. The van der Waals surface area contributed by atoms with E-state index in [0.29, 0.717) is 26.2 Å². The van der Waals surface area contributed by atoms with Crippen LogP contribution in [-0.4, -0.2) is 55.5 Å². The number of aryl methyl sites for hydroxylation is 1. The molecule has 2 N–H and O–H groups in total. The first kappa shape index (κ1) is 15.4. The highest BCUT2D eigenvalue weighted by atomic mass is 16.5. The van der Waals surface area contributed by atoms with E-state index in [2.05, 4.69) is 5.32 Å². The van der Waals surface area contributed by atoms with Gasteiger partial charge in [-0.2, -0.15) is 0 Å². The van der Waals surface area contributed by atoms with E-state index in [-0.39, 0.29) is 6.04 Å². The Balaban J connectivity index is 1.80. The quantitative estimate of drug-likeness (QED) is 0.865. The summed E-state index contributed by atoms with van der Waals surface area (Å²) in [4.78, 5) is 12.4. The second kappa shape index (κ2) is 7.17. The maximum Gasteiger partial charge on any atom is 0.407 e. The van der Waals surface area contributed by atoms with E-state index in [9.17, 15) is 4.79 Å². The number of rotatable bonds is 5. The number of ether oxygens (including phenoxy) is 2. The van der Waals surface area contributed by atoms with Gasteiger partial charge >= 0.3 is 6.09 Å². The van der Waals surface area contributed by atoms with Gasteiger partial charge in [0.25, 0.3) is 0 Å². The Hall–Kier alpha value is -1.95. The summed E-state index contributed by atoms with van der Waals surface area (Å²) >= 11 is 0. The molecule has 1 aliphatic heterocycles. The van der Waals surface area contributed by atoms with Crippen LogP contribution >= 0.6 is 0 Å². The number of piperazine rings is 1. The van der Waals surface area contributed by atoms with Crippen molar-refractivity contribution in [1.29, 1.82) is 0 Å². The van der Waals surface area contributed by atoms with E-state index in [4.69, 9.17) is 14.6 Å². The van der Waals surface area contributed by atoms with Gasteiger partial charge in [0.1, 0.15) is 11.5 Å². The van der Waals surface area contributed by atoms with Crippen molar-refractivity contribution in [2.45, 2.75) is 19.4 Å². The first-order chi connectivity index (χ1) is 10.1.